The summed E-state index contributed by atoms with van der Waals surface area (Å²) in [7, 11) is 0. The Bertz CT molecular complexity index is 332. The van der Waals surface area contributed by atoms with Crippen molar-refractivity contribution < 1.29 is 4.42 Å². The highest BCUT2D eigenvalue weighted by atomic mass is 16.3. The zero-order valence-electron chi connectivity index (χ0n) is 10.4. The average Bonchev–Trinajstić information content (AvgIpc) is 2.62. The third-order valence-corrected chi connectivity index (χ3v) is 1.40. The summed E-state index contributed by atoms with van der Waals surface area (Å²) in [5, 5.41) is 0. The smallest absolute Gasteiger partial charge is 0.192 e. The van der Waals surface area contributed by atoms with Crippen molar-refractivity contribution in [3.8, 4) is 0 Å². The molecular formula is C13H21NO. The molecular weight excluding hydrogens is 186 g/mol. The van der Waals surface area contributed by atoms with E-state index in [1.165, 1.54) is 6.42 Å². The minimum atomic E-state index is 0.723. The summed E-state index contributed by atoms with van der Waals surface area (Å²) in [5.74, 6) is 0.723. The number of benzene rings is 1. The van der Waals surface area contributed by atoms with Crippen LogP contribution in [0.1, 0.15) is 40.0 Å². The van der Waals surface area contributed by atoms with Gasteiger partial charge in [-0.3, -0.25) is 0 Å². The summed E-state index contributed by atoms with van der Waals surface area (Å²) in [6, 6.07) is 7.73. The Morgan fingerprint density at radius 1 is 1.13 bits per heavy atom. The van der Waals surface area contributed by atoms with Crippen LogP contribution in [0.25, 0.3) is 11.1 Å². The number of nitrogens with zero attached hydrogens (tertiary/aromatic N) is 1. The summed E-state index contributed by atoms with van der Waals surface area (Å²) in [5.41, 5.74) is 1.79. The van der Waals surface area contributed by atoms with Gasteiger partial charge in [-0.2, -0.15) is 0 Å². The number of hydrogen-bond donors (Lipinski definition) is 0. The molecule has 0 saturated heterocycles. The van der Waals surface area contributed by atoms with Gasteiger partial charge in [0.05, 0.1) is 0 Å². The molecule has 2 rings (SSSR count). The van der Waals surface area contributed by atoms with Crippen molar-refractivity contribution in [3.05, 3.63) is 30.2 Å². The molecule has 0 amide bonds. The second kappa shape index (κ2) is 8.04. The Labute approximate surface area is 92.3 Å². The maximum atomic E-state index is 5.26. The van der Waals surface area contributed by atoms with Gasteiger partial charge in [0.1, 0.15) is 5.52 Å². The molecule has 15 heavy (non-hydrogen) atoms. The molecule has 0 spiro atoms. The first-order valence-electron chi connectivity index (χ1n) is 5.60. The Morgan fingerprint density at radius 2 is 1.67 bits per heavy atom. The number of hydrogen-bond acceptors (Lipinski definition) is 2. The highest BCUT2D eigenvalue weighted by molar-refractivity contribution is 5.71. The van der Waals surface area contributed by atoms with Gasteiger partial charge in [-0.15, -0.1) is 0 Å². The van der Waals surface area contributed by atoms with Crippen molar-refractivity contribution in [2.75, 3.05) is 0 Å². The Balaban J connectivity index is 0.000000342. The summed E-state index contributed by atoms with van der Waals surface area (Å²) < 4.78 is 5.26. The normalized spacial score (nSPS) is 8.60. The lowest BCUT2D eigenvalue weighted by Gasteiger charge is -1.79. The van der Waals surface area contributed by atoms with Crippen LogP contribution in [0.5, 0.6) is 0 Å². The molecule has 2 nitrogen and oxygen atoms in total. The number of aryl methyl sites for hydroxylation is 1. The van der Waals surface area contributed by atoms with Gasteiger partial charge in [0, 0.05) is 6.92 Å². The molecule has 0 N–H and O–H groups in total. The van der Waals surface area contributed by atoms with E-state index in [4.69, 9.17) is 4.42 Å². The van der Waals surface area contributed by atoms with E-state index < -0.39 is 0 Å². The monoisotopic (exact) mass is 207 g/mol. The molecule has 0 aliphatic carbocycles. The zero-order chi connectivity index (χ0) is 11.7. The van der Waals surface area contributed by atoms with Gasteiger partial charge < -0.3 is 4.42 Å². The fourth-order valence-corrected chi connectivity index (χ4v) is 0.987. The Morgan fingerprint density at radius 3 is 2.20 bits per heavy atom. The molecule has 0 aliphatic heterocycles. The van der Waals surface area contributed by atoms with Crippen LogP contribution in [0, 0.1) is 6.92 Å². The predicted octanol–water partition coefficient (Wildman–Crippen LogP) is 4.58. The number of oxazole rings is 1. The summed E-state index contributed by atoms with van der Waals surface area (Å²) in [6.07, 6.45) is 1.25. The number of fused-ring (bicyclic) bond motifs is 1. The highest BCUT2D eigenvalue weighted by Crippen LogP contribution is 2.12. The predicted molar refractivity (Wildman–Crippen MR) is 66.1 cm³/mol. The fraction of sp³-hybridized carbons (Fsp3) is 0.462. The van der Waals surface area contributed by atoms with Crippen molar-refractivity contribution in [1.29, 1.82) is 0 Å². The first-order valence-corrected chi connectivity index (χ1v) is 5.60. The van der Waals surface area contributed by atoms with Crippen LogP contribution in [0.2, 0.25) is 0 Å². The molecule has 1 aromatic heterocycles. The second-order valence-electron chi connectivity index (χ2n) is 2.91. The quantitative estimate of drug-likeness (QED) is 0.632. The fourth-order valence-electron chi connectivity index (χ4n) is 0.987. The molecule has 2 heteroatoms. The van der Waals surface area contributed by atoms with Crippen LogP contribution in [-0.2, 0) is 0 Å². The molecule has 1 heterocycles. The molecule has 2 aromatic rings. The molecule has 0 saturated carbocycles. The third kappa shape index (κ3) is 4.63. The van der Waals surface area contributed by atoms with Crippen LogP contribution in [0.3, 0.4) is 0 Å². The molecule has 0 radical (unpaired) electrons. The van der Waals surface area contributed by atoms with Crippen LogP contribution in [0.15, 0.2) is 28.7 Å². The second-order valence-corrected chi connectivity index (χ2v) is 2.91. The van der Waals surface area contributed by atoms with E-state index >= 15 is 0 Å². The summed E-state index contributed by atoms with van der Waals surface area (Å²) in [4.78, 5) is 4.15. The Hall–Kier alpha value is -1.31. The van der Waals surface area contributed by atoms with E-state index in [1.807, 2.05) is 45.0 Å². The lowest BCUT2D eigenvalue weighted by molar-refractivity contribution is 0.561. The minimum Gasteiger partial charge on any atom is -0.441 e. The van der Waals surface area contributed by atoms with E-state index in [2.05, 4.69) is 18.8 Å². The number of rotatable bonds is 0. The standard InChI is InChI=1S/C8H7NO.C3H8.C2H6/c1-6-9-7-4-2-3-5-8(7)10-6;1-3-2;1-2/h2-5H,1H3;3H2,1-2H3;1-2H3. The van der Waals surface area contributed by atoms with Gasteiger partial charge in [-0.25, -0.2) is 4.98 Å². The molecule has 0 fully saturated rings. The Kier molecular flexibility index (Phi) is 7.33. The van der Waals surface area contributed by atoms with Gasteiger partial charge >= 0.3 is 0 Å². The first kappa shape index (κ1) is 13.7. The summed E-state index contributed by atoms with van der Waals surface area (Å²) in [6.45, 7) is 10.1. The van der Waals surface area contributed by atoms with E-state index in [0.29, 0.717) is 0 Å². The van der Waals surface area contributed by atoms with Crippen molar-refractivity contribution in [2.45, 2.75) is 41.0 Å². The molecule has 0 atom stereocenters. The van der Waals surface area contributed by atoms with Gasteiger partial charge in [-0.05, 0) is 12.1 Å². The molecule has 84 valence electrons. The topological polar surface area (TPSA) is 26.0 Å². The van der Waals surface area contributed by atoms with E-state index in [-0.39, 0.29) is 0 Å². The lowest BCUT2D eigenvalue weighted by atomic mass is 10.3. The zero-order valence-corrected chi connectivity index (χ0v) is 10.4. The minimum absolute atomic E-state index is 0.723. The van der Waals surface area contributed by atoms with Crippen molar-refractivity contribution in [2.24, 2.45) is 0 Å². The number of aromatic nitrogens is 1. The third-order valence-electron chi connectivity index (χ3n) is 1.40. The van der Waals surface area contributed by atoms with Crippen LogP contribution < -0.4 is 0 Å². The van der Waals surface area contributed by atoms with Crippen LogP contribution in [0.4, 0.5) is 0 Å². The van der Waals surface area contributed by atoms with Crippen molar-refractivity contribution in [1.82, 2.24) is 4.98 Å². The highest BCUT2D eigenvalue weighted by Gasteiger charge is 1.97. The molecule has 0 bridgehead atoms. The van der Waals surface area contributed by atoms with Crippen LogP contribution in [-0.4, -0.2) is 4.98 Å². The van der Waals surface area contributed by atoms with Gasteiger partial charge in [-0.1, -0.05) is 46.2 Å². The lowest BCUT2D eigenvalue weighted by Crippen LogP contribution is -1.65. The van der Waals surface area contributed by atoms with E-state index in [0.717, 1.165) is 17.0 Å². The maximum Gasteiger partial charge on any atom is 0.192 e. The SMILES string of the molecule is CC.CCC.Cc1nc2ccccc2o1. The van der Waals surface area contributed by atoms with Crippen molar-refractivity contribution >= 4 is 11.1 Å². The van der Waals surface area contributed by atoms with Crippen molar-refractivity contribution in [3.63, 3.8) is 0 Å². The molecule has 1 aromatic carbocycles. The molecule has 0 aliphatic rings. The maximum absolute atomic E-state index is 5.26. The van der Waals surface area contributed by atoms with Gasteiger partial charge in [0.25, 0.3) is 0 Å². The van der Waals surface area contributed by atoms with E-state index in [1.54, 1.807) is 0 Å². The summed E-state index contributed by atoms with van der Waals surface area (Å²) >= 11 is 0. The average molecular weight is 207 g/mol. The van der Waals surface area contributed by atoms with Gasteiger partial charge in [0.2, 0.25) is 0 Å². The van der Waals surface area contributed by atoms with Crippen LogP contribution >= 0.6 is 0 Å². The van der Waals surface area contributed by atoms with Gasteiger partial charge in [0.15, 0.2) is 11.5 Å². The number of para-hydroxylation sites is 2. The van der Waals surface area contributed by atoms with E-state index in [9.17, 15) is 0 Å². The first-order chi connectivity index (χ1) is 7.27. The molecule has 0 unspecified atom stereocenters. The largest absolute Gasteiger partial charge is 0.441 e.